The number of anilines is 1. The third-order valence-electron chi connectivity index (χ3n) is 4.80. The first-order chi connectivity index (χ1) is 12.9. The standard InChI is InChI=1S/C20H23FN2O3S/c1-22(27(25,26)18-12-10-17(21)11-13-18)14-5-9-20(24)23-15-4-7-16-6-2-3-8-19(16)23/h2-3,6,8,10-13H,4-5,7,9,14-15H2,1H3. The SMILES string of the molecule is CN(CCCC(=O)N1CCCc2ccccc21)S(=O)(=O)c1ccc(F)cc1. The minimum Gasteiger partial charge on any atom is -0.312 e. The number of rotatable bonds is 6. The number of benzene rings is 2. The van der Waals surface area contributed by atoms with Crippen LogP contribution in [0.2, 0.25) is 0 Å². The third-order valence-corrected chi connectivity index (χ3v) is 6.67. The molecule has 144 valence electrons. The van der Waals surface area contributed by atoms with Gasteiger partial charge in [0.25, 0.3) is 0 Å². The maximum absolute atomic E-state index is 13.0. The second-order valence-electron chi connectivity index (χ2n) is 6.66. The molecule has 0 bridgehead atoms. The predicted molar refractivity (Wildman–Crippen MR) is 103 cm³/mol. The summed E-state index contributed by atoms with van der Waals surface area (Å²) >= 11 is 0. The van der Waals surface area contributed by atoms with Crippen LogP contribution in [0.25, 0.3) is 0 Å². The summed E-state index contributed by atoms with van der Waals surface area (Å²) < 4.78 is 39.2. The van der Waals surface area contributed by atoms with Crippen LogP contribution in [0.5, 0.6) is 0 Å². The van der Waals surface area contributed by atoms with E-state index in [9.17, 15) is 17.6 Å². The first kappa shape index (κ1) is 19.5. The summed E-state index contributed by atoms with van der Waals surface area (Å²) in [5.74, 6) is -0.473. The number of sulfonamides is 1. The number of carbonyl (C=O) groups is 1. The highest BCUT2D eigenvalue weighted by atomic mass is 32.2. The van der Waals surface area contributed by atoms with E-state index in [0.717, 1.165) is 30.7 Å². The molecule has 0 aliphatic carbocycles. The van der Waals surface area contributed by atoms with Crippen molar-refractivity contribution in [1.29, 1.82) is 0 Å². The summed E-state index contributed by atoms with van der Waals surface area (Å²) in [7, 11) is -2.21. The van der Waals surface area contributed by atoms with Crippen LogP contribution >= 0.6 is 0 Å². The summed E-state index contributed by atoms with van der Waals surface area (Å²) in [6.07, 6.45) is 2.60. The second kappa shape index (κ2) is 8.19. The minimum absolute atomic E-state index is 0.00901. The summed E-state index contributed by atoms with van der Waals surface area (Å²) in [5, 5.41) is 0. The molecule has 1 amide bonds. The molecule has 1 heterocycles. The average Bonchev–Trinajstić information content (AvgIpc) is 2.67. The molecule has 1 aliphatic rings. The number of fused-ring (bicyclic) bond motifs is 1. The van der Waals surface area contributed by atoms with Crippen molar-refractivity contribution < 1.29 is 17.6 Å². The average molecular weight is 390 g/mol. The van der Waals surface area contributed by atoms with Crippen molar-refractivity contribution in [3.8, 4) is 0 Å². The molecule has 0 aromatic heterocycles. The topological polar surface area (TPSA) is 57.7 Å². The molecule has 0 saturated heterocycles. The van der Waals surface area contributed by atoms with E-state index in [0.29, 0.717) is 13.0 Å². The van der Waals surface area contributed by atoms with Gasteiger partial charge in [-0.25, -0.2) is 17.1 Å². The molecule has 0 atom stereocenters. The van der Waals surface area contributed by atoms with Crippen molar-refractivity contribution in [3.63, 3.8) is 0 Å². The van der Waals surface area contributed by atoms with E-state index in [2.05, 4.69) is 0 Å². The molecule has 2 aromatic rings. The van der Waals surface area contributed by atoms with E-state index in [1.165, 1.54) is 29.0 Å². The normalized spacial score (nSPS) is 14.3. The highest BCUT2D eigenvalue weighted by Crippen LogP contribution is 2.27. The van der Waals surface area contributed by atoms with Crippen LogP contribution in [-0.2, 0) is 21.2 Å². The van der Waals surface area contributed by atoms with Crippen molar-refractivity contribution >= 4 is 21.6 Å². The van der Waals surface area contributed by atoms with Crippen LogP contribution in [-0.4, -0.2) is 38.8 Å². The van der Waals surface area contributed by atoms with Crippen molar-refractivity contribution in [2.75, 3.05) is 25.0 Å². The van der Waals surface area contributed by atoms with E-state index >= 15 is 0 Å². The van der Waals surface area contributed by atoms with E-state index in [-0.39, 0.29) is 23.8 Å². The van der Waals surface area contributed by atoms with Gasteiger partial charge in [0.15, 0.2) is 0 Å². The Morgan fingerprint density at radius 2 is 1.85 bits per heavy atom. The van der Waals surface area contributed by atoms with Crippen molar-refractivity contribution in [2.24, 2.45) is 0 Å². The third kappa shape index (κ3) is 4.36. The van der Waals surface area contributed by atoms with Gasteiger partial charge < -0.3 is 4.90 Å². The molecule has 0 radical (unpaired) electrons. The summed E-state index contributed by atoms with van der Waals surface area (Å²) in [6.45, 7) is 0.917. The molecule has 0 saturated carbocycles. The lowest BCUT2D eigenvalue weighted by molar-refractivity contribution is -0.118. The zero-order chi connectivity index (χ0) is 19.4. The number of hydrogen-bond donors (Lipinski definition) is 0. The Kier molecular flexibility index (Phi) is 5.92. The highest BCUT2D eigenvalue weighted by molar-refractivity contribution is 7.89. The van der Waals surface area contributed by atoms with Gasteiger partial charge in [0, 0.05) is 32.2 Å². The Morgan fingerprint density at radius 1 is 1.15 bits per heavy atom. The van der Waals surface area contributed by atoms with Gasteiger partial charge in [0.05, 0.1) is 4.90 Å². The van der Waals surface area contributed by atoms with Crippen molar-refractivity contribution in [2.45, 2.75) is 30.6 Å². The zero-order valence-corrected chi connectivity index (χ0v) is 16.1. The summed E-state index contributed by atoms with van der Waals surface area (Å²) in [4.78, 5) is 14.5. The molecule has 0 N–H and O–H groups in total. The summed E-state index contributed by atoms with van der Waals surface area (Å²) in [5.41, 5.74) is 2.13. The molecule has 7 heteroatoms. The van der Waals surface area contributed by atoms with Crippen molar-refractivity contribution in [3.05, 3.63) is 59.9 Å². The molecule has 0 fully saturated rings. The largest absolute Gasteiger partial charge is 0.312 e. The van der Waals surface area contributed by atoms with E-state index < -0.39 is 15.8 Å². The second-order valence-corrected chi connectivity index (χ2v) is 8.71. The van der Waals surface area contributed by atoms with Crippen LogP contribution in [0.3, 0.4) is 0 Å². The Hall–Kier alpha value is -2.25. The van der Waals surface area contributed by atoms with E-state index in [1.54, 1.807) is 4.90 Å². The molecule has 0 unspecified atom stereocenters. The van der Waals surface area contributed by atoms with Crippen LogP contribution < -0.4 is 4.90 Å². The molecule has 1 aliphatic heterocycles. The van der Waals surface area contributed by atoms with Gasteiger partial charge in [-0.2, -0.15) is 0 Å². The van der Waals surface area contributed by atoms with Crippen LogP contribution in [0.15, 0.2) is 53.4 Å². The lowest BCUT2D eigenvalue weighted by Gasteiger charge is -2.29. The number of carbonyl (C=O) groups excluding carboxylic acids is 1. The summed E-state index contributed by atoms with van der Waals surface area (Å²) in [6, 6.07) is 12.6. The lowest BCUT2D eigenvalue weighted by atomic mass is 10.0. The number of aryl methyl sites for hydroxylation is 1. The Bertz CT molecular complexity index is 913. The molecular weight excluding hydrogens is 367 g/mol. The fourth-order valence-corrected chi connectivity index (χ4v) is 4.50. The van der Waals surface area contributed by atoms with Crippen LogP contribution in [0.1, 0.15) is 24.8 Å². The Balaban J connectivity index is 1.58. The predicted octanol–water partition coefficient (Wildman–Crippen LogP) is 3.21. The van der Waals surface area contributed by atoms with Crippen molar-refractivity contribution in [1.82, 2.24) is 4.31 Å². The van der Waals surface area contributed by atoms with Gasteiger partial charge in [0.1, 0.15) is 5.82 Å². The van der Waals surface area contributed by atoms with Crippen LogP contribution in [0, 0.1) is 5.82 Å². The van der Waals surface area contributed by atoms with Gasteiger partial charge >= 0.3 is 0 Å². The Labute approximate surface area is 159 Å². The van der Waals surface area contributed by atoms with Gasteiger partial charge in [-0.05, 0) is 55.2 Å². The first-order valence-electron chi connectivity index (χ1n) is 9.00. The first-order valence-corrected chi connectivity index (χ1v) is 10.4. The molecule has 2 aromatic carbocycles. The quantitative estimate of drug-likeness (QED) is 0.761. The van der Waals surface area contributed by atoms with Gasteiger partial charge in [-0.3, -0.25) is 4.79 Å². The molecule has 3 rings (SSSR count). The minimum atomic E-state index is -3.69. The van der Waals surface area contributed by atoms with E-state index in [4.69, 9.17) is 0 Å². The smallest absolute Gasteiger partial charge is 0.242 e. The number of hydrogen-bond acceptors (Lipinski definition) is 3. The monoisotopic (exact) mass is 390 g/mol. The Morgan fingerprint density at radius 3 is 2.59 bits per heavy atom. The molecule has 0 spiro atoms. The highest BCUT2D eigenvalue weighted by Gasteiger charge is 2.23. The molecule has 27 heavy (non-hydrogen) atoms. The maximum Gasteiger partial charge on any atom is 0.242 e. The van der Waals surface area contributed by atoms with Crippen LogP contribution in [0.4, 0.5) is 10.1 Å². The number of amides is 1. The fourth-order valence-electron chi connectivity index (χ4n) is 3.29. The lowest BCUT2D eigenvalue weighted by Crippen LogP contribution is -2.36. The van der Waals surface area contributed by atoms with Gasteiger partial charge in [-0.15, -0.1) is 0 Å². The molecular formula is C20H23FN2O3S. The van der Waals surface area contributed by atoms with Gasteiger partial charge in [0.2, 0.25) is 15.9 Å². The number of para-hydroxylation sites is 1. The van der Waals surface area contributed by atoms with Gasteiger partial charge in [-0.1, -0.05) is 18.2 Å². The fraction of sp³-hybridized carbons (Fsp3) is 0.350. The number of halogens is 1. The maximum atomic E-state index is 13.0. The molecule has 5 nitrogen and oxygen atoms in total. The van der Waals surface area contributed by atoms with E-state index in [1.807, 2.05) is 24.3 Å². The number of nitrogens with zero attached hydrogens (tertiary/aromatic N) is 2. The zero-order valence-electron chi connectivity index (χ0n) is 15.3.